The Kier molecular flexibility index (Phi) is 7.65. The Morgan fingerprint density at radius 2 is 1.94 bits per heavy atom. The van der Waals surface area contributed by atoms with Gasteiger partial charge < -0.3 is 5.32 Å². The van der Waals surface area contributed by atoms with Gasteiger partial charge in [0.1, 0.15) is 4.32 Å². The van der Waals surface area contributed by atoms with Gasteiger partial charge in [-0.1, -0.05) is 52.0 Å². The lowest BCUT2D eigenvalue weighted by molar-refractivity contribution is -0.122. The summed E-state index contributed by atoms with van der Waals surface area (Å²) in [5, 5.41) is 7.73. The number of sulfonamides is 1. The first-order valence-electron chi connectivity index (χ1n) is 9.07. The average Bonchev–Trinajstić information content (AvgIpc) is 2.95. The Morgan fingerprint density at radius 1 is 1.23 bits per heavy atom. The minimum Gasteiger partial charge on any atom is -0.326 e. The zero-order valence-electron chi connectivity index (χ0n) is 16.1. The van der Waals surface area contributed by atoms with Crippen LogP contribution in [-0.2, 0) is 19.6 Å². The van der Waals surface area contributed by atoms with Crippen LogP contribution in [0.2, 0.25) is 0 Å². The van der Waals surface area contributed by atoms with Crippen molar-refractivity contribution in [3.8, 4) is 0 Å². The number of thioether (sulfide) groups is 1. The smallest absolute Gasteiger partial charge is 0.266 e. The average molecular weight is 540 g/mol. The summed E-state index contributed by atoms with van der Waals surface area (Å²) in [5.41, 5.74) is 1.35. The highest BCUT2D eigenvalue weighted by Crippen LogP contribution is 2.33. The van der Waals surface area contributed by atoms with Gasteiger partial charge in [-0.3, -0.25) is 14.5 Å². The molecule has 7 nitrogen and oxygen atoms in total. The Hall–Kier alpha value is -2.05. The van der Waals surface area contributed by atoms with Gasteiger partial charge >= 0.3 is 0 Å². The van der Waals surface area contributed by atoms with Crippen molar-refractivity contribution in [2.24, 2.45) is 5.14 Å². The molecular weight excluding hydrogens is 522 g/mol. The topological polar surface area (TPSA) is 110 Å². The first-order valence-corrected chi connectivity index (χ1v) is 12.6. The van der Waals surface area contributed by atoms with E-state index in [2.05, 4.69) is 21.2 Å². The molecule has 1 aliphatic heterocycles. The van der Waals surface area contributed by atoms with Crippen molar-refractivity contribution in [1.29, 1.82) is 0 Å². The summed E-state index contributed by atoms with van der Waals surface area (Å²) in [6.07, 6.45) is 2.40. The summed E-state index contributed by atoms with van der Waals surface area (Å²) < 4.78 is 23.9. The fourth-order valence-corrected chi connectivity index (χ4v) is 5.03. The number of thiocarbonyl (C=S) groups is 1. The number of halogens is 1. The van der Waals surface area contributed by atoms with E-state index in [1.165, 1.54) is 40.9 Å². The number of benzene rings is 2. The maximum Gasteiger partial charge on any atom is 0.266 e. The molecule has 2 aromatic rings. The quantitative estimate of drug-likeness (QED) is 0.410. The van der Waals surface area contributed by atoms with Gasteiger partial charge in [-0.2, -0.15) is 0 Å². The molecule has 1 heterocycles. The molecule has 1 aliphatic rings. The van der Waals surface area contributed by atoms with E-state index in [0.29, 0.717) is 27.9 Å². The van der Waals surface area contributed by atoms with E-state index >= 15 is 0 Å². The van der Waals surface area contributed by atoms with Crippen molar-refractivity contribution in [2.45, 2.75) is 17.7 Å². The van der Waals surface area contributed by atoms with Crippen LogP contribution in [0.4, 0.5) is 5.69 Å². The molecular formula is C20H18BrN3O4S3. The summed E-state index contributed by atoms with van der Waals surface area (Å²) >= 11 is 9.97. The minimum atomic E-state index is -3.78. The highest BCUT2D eigenvalue weighted by molar-refractivity contribution is 9.10. The van der Waals surface area contributed by atoms with Gasteiger partial charge in [-0.25, -0.2) is 13.6 Å². The third-order valence-electron chi connectivity index (χ3n) is 4.27. The first kappa shape index (κ1) is 23.6. The molecule has 0 bridgehead atoms. The lowest BCUT2D eigenvalue weighted by Crippen LogP contribution is -2.29. The van der Waals surface area contributed by atoms with Crippen molar-refractivity contribution >= 4 is 77.8 Å². The van der Waals surface area contributed by atoms with Gasteiger partial charge in [-0.15, -0.1) is 0 Å². The molecule has 0 saturated carbocycles. The summed E-state index contributed by atoms with van der Waals surface area (Å²) in [7, 11) is -3.78. The SMILES string of the molecule is NS(=O)(=O)c1ccc(NC(=O)CCCN2C(=O)/C(=C/c3cccc(Br)c3)SC2=S)cc1. The number of primary sulfonamides is 1. The van der Waals surface area contributed by atoms with E-state index in [0.717, 1.165) is 10.0 Å². The maximum absolute atomic E-state index is 12.7. The second-order valence-electron chi connectivity index (χ2n) is 6.61. The third kappa shape index (κ3) is 6.47. The van der Waals surface area contributed by atoms with Crippen LogP contribution in [0.5, 0.6) is 0 Å². The molecule has 1 fully saturated rings. The number of rotatable bonds is 7. The zero-order valence-corrected chi connectivity index (χ0v) is 20.1. The van der Waals surface area contributed by atoms with Crippen molar-refractivity contribution in [3.05, 3.63) is 63.5 Å². The molecule has 0 aromatic heterocycles. The molecule has 0 atom stereocenters. The summed E-state index contributed by atoms with van der Waals surface area (Å²) in [5.74, 6) is -0.424. The van der Waals surface area contributed by atoms with Crippen molar-refractivity contribution in [1.82, 2.24) is 4.90 Å². The van der Waals surface area contributed by atoms with Crippen LogP contribution < -0.4 is 10.5 Å². The van der Waals surface area contributed by atoms with Crippen LogP contribution in [0.3, 0.4) is 0 Å². The molecule has 162 valence electrons. The molecule has 0 spiro atoms. The lowest BCUT2D eigenvalue weighted by atomic mass is 10.2. The van der Waals surface area contributed by atoms with Gasteiger partial charge in [0.15, 0.2) is 0 Å². The van der Waals surface area contributed by atoms with E-state index in [1.54, 1.807) is 6.08 Å². The van der Waals surface area contributed by atoms with Gasteiger partial charge in [0.2, 0.25) is 15.9 Å². The number of nitrogens with two attached hydrogens (primary N) is 1. The van der Waals surface area contributed by atoms with Crippen molar-refractivity contribution in [3.63, 3.8) is 0 Å². The van der Waals surface area contributed by atoms with Crippen LogP contribution >= 0.6 is 39.9 Å². The number of amides is 2. The van der Waals surface area contributed by atoms with Crippen molar-refractivity contribution in [2.75, 3.05) is 11.9 Å². The Bertz CT molecular complexity index is 1160. The summed E-state index contributed by atoms with van der Waals surface area (Å²) in [6.45, 7) is 0.332. The number of nitrogens with one attached hydrogen (secondary N) is 1. The predicted molar refractivity (Wildman–Crippen MR) is 130 cm³/mol. The van der Waals surface area contributed by atoms with E-state index in [9.17, 15) is 18.0 Å². The number of hydrogen-bond acceptors (Lipinski definition) is 6. The highest BCUT2D eigenvalue weighted by atomic mass is 79.9. The number of hydrogen-bond donors (Lipinski definition) is 2. The second kappa shape index (κ2) is 10.0. The molecule has 3 N–H and O–H groups in total. The van der Waals surface area contributed by atoms with Gasteiger partial charge in [0.25, 0.3) is 5.91 Å². The molecule has 3 rings (SSSR count). The van der Waals surface area contributed by atoms with Crippen LogP contribution in [0.25, 0.3) is 6.08 Å². The number of nitrogens with zero attached hydrogens (tertiary/aromatic N) is 1. The molecule has 0 aliphatic carbocycles. The van der Waals surface area contributed by atoms with E-state index < -0.39 is 10.0 Å². The second-order valence-corrected chi connectivity index (χ2v) is 10.8. The third-order valence-corrected chi connectivity index (χ3v) is 7.07. The monoisotopic (exact) mass is 539 g/mol. The summed E-state index contributed by atoms with van der Waals surface area (Å²) in [4.78, 5) is 26.8. The highest BCUT2D eigenvalue weighted by Gasteiger charge is 2.31. The van der Waals surface area contributed by atoms with E-state index in [1.807, 2.05) is 24.3 Å². The Balaban J connectivity index is 1.52. The zero-order chi connectivity index (χ0) is 22.6. The minimum absolute atomic E-state index is 0.0317. The maximum atomic E-state index is 12.7. The van der Waals surface area contributed by atoms with Crippen LogP contribution in [0.1, 0.15) is 18.4 Å². The Morgan fingerprint density at radius 3 is 2.58 bits per heavy atom. The van der Waals surface area contributed by atoms with Gasteiger partial charge in [0, 0.05) is 23.1 Å². The fraction of sp³-hybridized carbons (Fsp3) is 0.150. The van der Waals surface area contributed by atoms with E-state index in [4.69, 9.17) is 17.4 Å². The normalized spacial score (nSPS) is 15.5. The summed E-state index contributed by atoms with van der Waals surface area (Å²) in [6, 6.07) is 13.2. The molecule has 2 amide bonds. The van der Waals surface area contributed by atoms with Crippen molar-refractivity contribution < 1.29 is 18.0 Å². The number of anilines is 1. The molecule has 2 aromatic carbocycles. The number of carbonyl (C=O) groups is 2. The molecule has 1 saturated heterocycles. The lowest BCUT2D eigenvalue weighted by Gasteiger charge is -2.14. The molecule has 0 radical (unpaired) electrons. The standard InChI is InChI=1S/C20H18BrN3O4S3/c21-14-4-1-3-13(11-14)12-17-19(26)24(20(29)30-17)10-2-5-18(25)23-15-6-8-16(9-7-15)31(22,27)28/h1,3-4,6-9,11-12H,2,5,10H2,(H,23,25)(H2,22,27,28)/b17-12-. The van der Waals surface area contributed by atoms with Crippen LogP contribution in [0.15, 0.2) is 62.8 Å². The van der Waals surface area contributed by atoms with Crippen LogP contribution in [0, 0.1) is 0 Å². The van der Waals surface area contributed by atoms with Gasteiger partial charge in [-0.05, 0) is 54.5 Å². The predicted octanol–water partition coefficient (Wildman–Crippen LogP) is 3.72. The molecule has 0 unspecified atom stereocenters. The Labute approximate surface area is 198 Å². The fourth-order valence-electron chi connectivity index (χ4n) is 2.79. The first-order chi connectivity index (χ1) is 14.6. The number of carbonyl (C=O) groups excluding carboxylic acids is 2. The van der Waals surface area contributed by atoms with E-state index in [-0.39, 0.29) is 23.1 Å². The molecule has 31 heavy (non-hydrogen) atoms. The molecule has 11 heteroatoms. The largest absolute Gasteiger partial charge is 0.326 e. The van der Waals surface area contributed by atoms with Gasteiger partial charge in [0.05, 0.1) is 9.80 Å². The van der Waals surface area contributed by atoms with Crippen LogP contribution in [-0.4, -0.2) is 36.0 Å².